The summed E-state index contributed by atoms with van der Waals surface area (Å²) in [7, 11) is 3.45. The minimum atomic E-state index is -2.59. The van der Waals surface area contributed by atoms with Crippen molar-refractivity contribution in [1.29, 1.82) is 0 Å². The number of halogens is 2. The van der Waals surface area contributed by atoms with Crippen molar-refractivity contribution in [1.82, 2.24) is 24.8 Å². The lowest BCUT2D eigenvalue weighted by atomic mass is 9.87. The first-order valence-electron chi connectivity index (χ1n) is 11.9. The molecule has 3 N–H and O–H groups in total. The molecule has 0 spiro atoms. The number of amides is 1. The number of carbonyl (C=O) groups is 2. The predicted molar refractivity (Wildman–Crippen MR) is 130 cm³/mol. The van der Waals surface area contributed by atoms with Gasteiger partial charge in [-0.1, -0.05) is 19.3 Å². The molecule has 0 saturated heterocycles. The number of hydrogen-bond acceptors (Lipinski definition) is 7. The van der Waals surface area contributed by atoms with Crippen LogP contribution in [0.1, 0.15) is 55.3 Å². The maximum Gasteiger partial charge on any atom is 0.256 e. The molecule has 2 aromatic heterocycles. The van der Waals surface area contributed by atoms with Crippen molar-refractivity contribution < 1.29 is 18.4 Å². The standard InChI is InChI=1S/C24H31F2N7O2/c1-27-21-11-20(29-17(15-34)9-6-10-32(2)18-12-24(25,26)13-18)31-22-19(14-28-33(21)22)23(35)30-16-7-4-3-5-8-16/h6,9-11,14-16,18,27H,3-5,7-8,12-13H2,1-2H3,(H,29,31)(H,30,35)/b10-6-,17-9+. The fraction of sp³-hybridized carbons (Fsp3) is 0.500. The van der Waals surface area contributed by atoms with E-state index in [0.29, 0.717) is 29.1 Å². The second-order valence-electron chi connectivity index (χ2n) is 9.17. The van der Waals surface area contributed by atoms with Gasteiger partial charge in [0.05, 0.1) is 11.9 Å². The lowest BCUT2D eigenvalue weighted by Crippen LogP contribution is -2.47. The van der Waals surface area contributed by atoms with Gasteiger partial charge in [0.15, 0.2) is 11.9 Å². The number of anilines is 2. The highest BCUT2D eigenvalue weighted by atomic mass is 19.3. The van der Waals surface area contributed by atoms with E-state index in [1.165, 1.54) is 23.2 Å². The van der Waals surface area contributed by atoms with E-state index >= 15 is 0 Å². The molecule has 4 rings (SSSR count). The van der Waals surface area contributed by atoms with Gasteiger partial charge in [0.2, 0.25) is 0 Å². The summed E-state index contributed by atoms with van der Waals surface area (Å²) in [5.74, 6) is -1.88. The number of allylic oxidation sites excluding steroid dienone is 3. The van der Waals surface area contributed by atoms with Gasteiger partial charge in [0.1, 0.15) is 17.2 Å². The van der Waals surface area contributed by atoms with Gasteiger partial charge < -0.3 is 20.9 Å². The predicted octanol–water partition coefficient (Wildman–Crippen LogP) is 3.57. The molecule has 2 fully saturated rings. The quantitative estimate of drug-likeness (QED) is 0.282. The Hall–Kier alpha value is -3.50. The summed E-state index contributed by atoms with van der Waals surface area (Å²) < 4.78 is 27.7. The number of alkyl halides is 2. The van der Waals surface area contributed by atoms with Crippen molar-refractivity contribution >= 4 is 29.5 Å². The highest BCUT2D eigenvalue weighted by Gasteiger charge is 2.46. The van der Waals surface area contributed by atoms with Crippen molar-refractivity contribution in [2.24, 2.45) is 0 Å². The van der Waals surface area contributed by atoms with Gasteiger partial charge in [0.25, 0.3) is 11.8 Å². The fourth-order valence-electron chi connectivity index (χ4n) is 4.46. The number of aldehydes is 1. The van der Waals surface area contributed by atoms with Crippen LogP contribution in [0, 0.1) is 0 Å². The molecule has 2 aliphatic carbocycles. The number of fused-ring (bicyclic) bond motifs is 1. The molecular weight excluding hydrogens is 456 g/mol. The van der Waals surface area contributed by atoms with Crippen molar-refractivity contribution in [2.75, 3.05) is 24.7 Å². The number of rotatable bonds is 9. The van der Waals surface area contributed by atoms with Crippen LogP contribution >= 0.6 is 0 Å². The average molecular weight is 488 g/mol. The minimum absolute atomic E-state index is 0.150. The van der Waals surface area contributed by atoms with Crippen LogP contribution in [0.4, 0.5) is 20.4 Å². The van der Waals surface area contributed by atoms with Crippen LogP contribution < -0.4 is 16.0 Å². The van der Waals surface area contributed by atoms with Crippen LogP contribution in [0.5, 0.6) is 0 Å². The van der Waals surface area contributed by atoms with Crippen LogP contribution in [0.15, 0.2) is 36.3 Å². The van der Waals surface area contributed by atoms with E-state index in [1.54, 1.807) is 37.3 Å². The topological polar surface area (TPSA) is 104 Å². The van der Waals surface area contributed by atoms with Gasteiger partial charge in [-0.3, -0.25) is 9.59 Å². The van der Waals surface area contributed by atoms with E-state index < -0.39 is 5.92 Å². The van der Waals surface area contributed by atoms with Crippen molar-refractivity contribution in [2.45, 2.75) is 63.0 Å². The molecule has 0 aromatic carbocycles. The van der Waals surface area contributed by atoms with E-state index in [0.717, 1.165) is 25.7 Å². The normalized spacial score (nSPS) is 18.9. The summed E-state index contributed by atoms with van der Waals surface area (Å²) in [6.45, 7) is 0. The molecule has 2 heterocycles. The van der Waals surface area contributed by atoms with E-state index in [-0.39, 0.29) is 36.5 Å². The Morgan fingerprint density at radius 3 is 2.66 bits per heavy atom. The highest BCUT2D eigenvalue weighted by Crippen LogP contribution is 2.40. The zero-order chi connectivity index (χ0) is 25.0. The number of hydrogen-bond donors (Lipinski definition) is 3. The lowest BCUT2D eigenvalue weighted by Gasteiger charge is -2.40. The zero-order valence-electron chi connectivity index (χ0n) is 19.9. The summed E-state index contributed by atoms with van der Waals surface area (Å²) >= 11 is 0. The molecule has 0 unspecified atom stereocenters. The Morgan fingerprint density at radius 1 is 1.26 bits per heavy atom. The van der Waals surface area contributed by atoms with E-state index in [4.69, 9.17) is 0 Å². The maximum atomic E-state index is 13.1. The average Bonchev–Trinajstić information content (AvgIpc) is 3.26. The fourth-order valence-corrected chi connectivity index (χ4v) is 4.46. The number of aromatic nitrogens is 3. The van der Waals surface area contributed by atoms with Gasteiger partial charge in [-0.15, -0.1) is 0 Å². The van der Waals surface area contributed by atoms with Gasteiger partial charge >= 0.3 is 0 Å². The smallest absolute Gasteiger partial charge is 0.256 e. The Balaban J connectivity index is 1.50. The molecule has 2 saturated carbocycles. The minimum Gasteiger partial charge on any atom is -0.377 e. The monoisotopic (exact) mass is 487 g/mol. The number of nitrogens with one attached hydrogen (secondary N) is 3. The van der Waals surface area contributed by atoms with Crippen LogP contribution in [0.2, 0.25) is 0 Å². The molecule has 0 bridgehead atoms. The molecule has 35 heavy (non-hydrogen) atoms. The molecule has 2 aliphatic rings. The van der Waals surface area contributed by atoms with E-state index in [1.807, 2.05) is 0 Å². The SMILES string of the molecule is CNc1cc(N/C(C=O)=C/C=C\N(C)C2CC(F)(F)C2)nc2c(C(=O)NC3CCCCC3)cnn12. The van der Waals surface area contributed by atoms with Crippen LogP contribution in [0.25, 0.3) is 5.65 Å². The summed E-state index contributed by atoms with van der Waals surface area (Å²) in [6, 6.07) is 1.61. The van der Waals surface area contributed by atoms with Crippen molar-refractivity contribution in [3.8, 4) is 0 Å². The Morgan fingerprint density at radius 2 is 2.00 bits per heavy atom. The second kappa shape index (κ2) is 10.4. The zero-order valence-corrected chi connectivity index (χ0v) is 19.9. The second-order valence-corrected chi connectivity index (χ2v) is 9.17. The highest BCUT2D eigenvalue weighted by molar-refractivity contribution is 6.00. The molecular formula is C24H31F2N7O2. The molecule has 1 amide bonds. The summed E-state index contributed by atoms with van der Waals surface area (Å²) in [4.78, 5) is 30.8. The third-order valence-corrected chi connectivity index (χ3v) is 6.55. The third-order valence-electron chi connectivity index (χ3n) is 6.55. The van der Waals surface area contributed by atoms with Gasteiger partial charge in [-0.05, 0) is 31.2 Å². The van der Waals surface area contributed by atoms with Gasteiger partial charge in [-0.25, -0.2) is 13.8 Å². The van der Waals surface area contributed by atoms with Crippen LogP contribution in [0.3, 0.4) is 0 Å². The molecule has 9 nitrogen and oxygen atoms in total. The molecule has 11 heteroatoms. The van der Waals surface area contributed by atoms with Crippen LogP contribution in [-0.4, -0.2) is 63.8 Å². The molecule has 0 atom stereocenters. The van der Waals surface area contributed by atoms with Gasteiger partial charge in [0, 0.05) is 45.1 Å². The lowest BCUT2D eigenvalue weighted by molar-refractivity contribution is -0.112. The molecule has 2 aromatic rings. The third kappa shape index (κ3) is 5.77. The van der Waals surface area contributed by atoms with Crippen molar-refractivity contribution in [3.63, 3.8) is 0 Å². The molecule has 0 aliphatic heterocycles. The Labute approximate surface area is 202 Å². The van der Waals surface area contributed by atoms with Crippen molar-refractivity contribution in [3.05, 3.63) is 41.9 Å². The Bertz CT molecular complexity index is 1130. The largest absolute Gasteiger partial charge is 0.377 e. The first-order valence-corrected chi connectivity index (χ1v) is 11.9. The summed E-state index contributed by atoms with van der Waals surface area (Å²) in [5.41, 5.74) is 0.936. The number of carbonyl (C=O) groups excluding carboxylic acids is 2. The van der Waals surface area contributed by atoms with Gasteiger partial charge in [-0.2, -0.15) is 9.61 Å². The molecule has 0 radical (unpaired) electrons. The first kappa shape index (κ1) is 24.6. The Kier molecular flexibility index (Phi) is 7.32. The maximum absolute atomic E-state index is 13.1. The first-order chi connectivity index (χ1) is 16.8. The summed E-state index contributed by atoms with van der Waals surface area (Å²) in [6.07, 6.45) is 11.9. The van der Waals surface area contributed by atoms with E-state index in [2.05, 4.69) is 26.0 Å². The molecule has 188 valence electrons. The van der Waals surface area contributed by atoms with Crippen LogP contribution in [-0.2, 0) is 4.79 Å². The number of nitrogens with zero attached hydrogens (tertiary/aromatic N) is 4. The summed E-state index contributed by atoms with van der Waals surface area (Å²) in [5, 5.41) is 13.4. The van der Waals surface area contributed by atoms with E-state index in [9.17, 15) is 18.4 Å².